The van der Waals surface area contributed by atoms with E-state index in [-0.39, 0.29) is 23.2 Å². The summed E-state index contributed by atoms with van der Waals surface area (Å²) in [7, 11) is 1.85. The normalized spacial score (nSPS) is 17.5. The number of pyridine rings is 1. The van der Waals surface area contributed by atoms with Crippen LogP contribution in [0.25, 0.3) is 5.65 Å². The summed E-state index contributed by atoms with van der Waals surface area (Å²) in [4.78, 5) is 30.6. The predicted octanol–water partition coefficient (Wildman–Crippen LogP) is 2.39. The van der Waals surface area contributed by atoms with Gasteiger partial charge in [-0.2, -0.15) is 5.10 Å². The van der Waals surface area contributed by atoms with E-state index < -0.39 is 18.1 Å². The topological polar surface area (TPSA) is 106 Å². The first kappa shape index (κ1) is 21.1. The molecule has 0 radical (unpaired) electrons. The highest BCUT2D eigenvalue weighted by Gasteiger charge is 2.54. The van der Waals surface area contributed by atoms with Gasteiger partial charge < -0.3 is 19.5 Å². The molecule has 1 saturated heterocycles. The third-order valence-electron chi connectivity index (χ3n) is 6.01. The number of likely N-dealkylation sites (tertiary alicyclic amines) is 1. The third-order valence-corrected chi connectivity index (χ3v) is 6.01. The molecule has 2 N–H and O–H groups in total. The number of fused-ring (bicyclic) bond motifs is 1. The fourth-order valence-electron chi connectivity index (χ4n) is 4.64. The van der Waals surface area contributed by atoms with Crippen molar-refractivity contribution in [3.05, 3.63) is 42.5 Å². The van der Waals surface area contributed by atoms with Crippen LogP contribution >= 0.6 is 0 Å². The molecular weight excluding hydrogens is 443 g/mol. The van der Waals surface area contributed by atoms with E-state index in [1.165, 1.54) is 0 Å². The van der Waals surface area contributed by atoms with E-state index in [0.29, 0.717) is 31.5 Å². The van der Waals surface area contributed by atoms with Crippen molar-refractivity contribution >= 4 is 23.4 Å². The van der Waals surface area contributed by atoms with E-state index in [0.717, 1.165) is 24.0 Å². The van der Waals surface area contributed by atoms with Crippen molar-refractivity contribution in [1.29, 1.82) is 0 Å². The molecule has 3 amide bonds. The average Bonchev–Trinajstić information content (AvgIpc) is 3.24. The van der Waals surface area contributed by atoms with Crippen LogP contribution in [0.15, 0.2) is 36.9 Å². The number of aromatic nitrogens is 4. The number of imidazole rings is 1. The fourth-order valence-corrected chi connectivity index (χ4v) is 4.64. The standard InChI is InChI=1S/C20H20F3N7O3/c1-28-4-5-30-16(28)14(9-25-30)17(31)29-10-19(11-29)7-12(8-19)26-18(32)27-15-6-13(2-3-24-15)33-20(21,22)23/h2-6,9,12H,7-8,10-11H2,1H3,(H2,24,26,27,32). The molecule has 5 rings (SSSR count). The molecule has 13 heteroatoms. The first-order valence-corrected chi connectivity index (χ1v) is 10.2. The molecule has 4 heterocycles. The van der Waals surface area contributed by atoms with Crippen molar-refractivity contribution in [3.8, 4) is 5.75 Å². The average molecular weight is 463 g/mol. The Hall–Kier alpha value is -3.77. The van der Waals surface area contributed by atoms with Gasteiger partial charge in [0.05, 0.1) is 6.20 Å². The van der Waals surface area contributed by atoms with E-state index in [9.17, 15) is 22.8 Å². The van der Waals surface area contributed by atoms with Crippen molar-refractivity contribution in [3.63, 3.8) is 0 Å². The van der Waals surface area contributed by atoms with E-state index in [1.54, 1.807) is 21.8 Å². The van der Waals surface area contributed by atoms with Crippen LogP contribution in [-0.2, 0) is 7.05 Å². The minimum absolute atomic E-state index is 0.0210. The number of alkyl halides is 3. The number of carbonyl (C=O) groups excluding carboxylic acids is 2. The Bertz CT molecular complexity index is 1220. The number of halogens is 3. The molecule has 2 fully saturated rings. The molecule has 1 saturated carbocycles. The van der Waals surface area contributed by atoms with Crippen LogP contribution in [-0.4, -0.2) is 61.5 Å². The summed E-state index contributed by atoms with van der Waals surface area (Å²) in [6, 6.07) is 1.38. The Morgan fingerprint density at radius 1 is 1.24 bits per heavy atom. The number of ether oxygens (including phenoxy) is 1. The van der Waals surface area contributed by atoms with E-state index in [1.807, 2.05) is 17.8 Å². The lowest BCUT2D eigenvalue weighted by molar-refractivity contribution is -0.274. The Morgan fingerprint density at radius 3 is 2.73 bits per heavy atom. The molecule has 0 unspecified atom stereocenters. The lowest BCUT2D eigenvalue weighted by atomic mass is 9.60. The molecule has 3 aromatic heterocycles. The van der Waals surface area contributed by atoms with Crippen molar-refractivity contribution in [2.75, 3.05) is 18.4 Å². The zero-order chi connectivity index (χ0) is 23.4. The maximum atomic E-state index is 12.8. The van der Waals surface area contributed by atoms with Gasteiger partial charge in [0.1, 0.15) is 22.8 Å². The largest absolute Gasteiger partial charge is 0.573 e. The number of nitrogens with one attached hydrogen (secondary N) is 2. The highest BCUT2D eigenvalue weighted by molar-refractivity contribution is 6.00. The van der Waals surface area contributed by atoms with Gasteiger partial charge in [-0.3, -0.25) is 10.1 Å². The van der Waals surface area contributed by atoms with Gasteiger partial charge in [0, 0.05) is 56.3 Å². The molecule has 1 aliphatic carbocycles. The third kappa shape index (κ3) is 4.05. The molecule has 1 aliphatic heterocycles. The lowest BCUT2D eigenvalue weighted by Gasteiger charge is -2.58. The maximum Gasteiger partial charge on any atom is 0.573 e. The molecule has 10 nitrogen and oxygen atoms in total. The highest BCUT2D eigenvalue weighted by atomic mass is 19.4. The molecule has 2 aliphatic rings. The Labute approximate surface area is 185 Å². The lowest BCUT2D eigenvalue weighted by Crippen LogP contribution is -2.67. The first-order valence-electron chi connectivity index (χ1n) is 10.2. The molecule has 1 spiro atoms. The second-order valence-corrected chi connectivity index (χ2v) is 8.52. The SMILES string of the molecule is Cn1ccn2ncc(C(=O)N3CC4(CC(NC(=O)Nc5cc(OC(F)(F)F)ccn5)C4)C3)c12. The minimum atomic E-state index is -4.83. The van der Waals surface area contributed by atoms with Crippen molar-refractivity contribution < 1.29 is 27.5 Å². The number of hydrogen-bond donors (Lipinski definition) is 2. The van der Waals surface area contributed by atoms with Gasteiger partial charge in [-0.25, -0.2) is 14.3 Å². The molecule has 0 atom stereocenters. The van der Waals surface area contributed by atoms with Gasteiger partial charge in [-0.1, -0.05) is 0 Å². The second-order valence-electron chi connectivity index (χ2n) is 8.52. The van der Waals surface area contributed by atoms with Crippen molar-refractivity contribution in [2.45, 2.75) is 25.2 Å². The Morgan fingerprint density at radius 2 is 2.00 bits per heavy atom. The number of nitrogens with zero attached hydrogens (tertiary/aromatic N) is 5. The van der Waals surface area contributed by atoms with Crippen LogP contribution in [0.1, 0.15) is 23.2 Å². The number of amides is 3. The Balaban J connectivity index is 1.10. The van der Waals surface area contributed by atoms with Gasteiger partial charge >= 0.3 is 12.4 Å². The van der Waals surface area contributed by atoms with Crippen LogP contribution < -0.4 is 15.4 Å². The van der Waals surface area contributed by atoms with Gasteiger partial charge in [-0.15, -0.1) is 13.2 Å². The number of urea groups is 1. The zero-order valence-corrected chi connectivity index (χ0v) is 17.5. The Kier molecular flexibility index (Phi) is 4.72. The summed E-state index contributed by atoms with van der Waals surface area (Å²) in [5.41, 5.74) is 1.27. The zero-order valence-electron chi connectivity index (χ0n) is 17.5. The number of hydrogen-bond acceptors (Lipinski definition) is 5. The molecule has 0 bridgehead atoms. The summed E-state index contributed by atoms with van der Waals surface area (Å²) in [6.07, 6.45) is 2.89. The summed E-state index contributed by atoms with van der Waals surface area (Å²) in [5.74, 6) is -0.601. The van der Waals surface area contributed by atoms with Crippen LogP contribution in [0.3, 0.4) is 0 Å². The number of rotatable bonds is 4. The highest BCUT2D eigenvalue weighted by Crippen LogP contribution is 2.48. The monoisotopic (exact) mass is 463 g/mol. The molecule has 174 valence electrons. The molecule has 3 aromatic rings. The fraction of sp³-hybridized carbons (Fsp3) is 0.400. The van der Waals surface area contributed by atoms with Gasteiger partial charge in [0.25, 0.3) is 5.91 Å². The second kappa shape index (κ2) is 7.39. The molecule has 33 heavy (non-hydrogen) atoms. The van der Waals surface area contributed by atoms with Crippen LogP contribution in [0.5, 0.6) is 5.75 Å². The summed E-state index contributed by atoms with van der Waals surface area (Å²) in [6.45, 7) is 1.21. The predicted molar refractivity (Wildman–Crippen MR) is 109 cm³/mol. The van der Waals surface area contributed by atoms with E-state index in [2.05, 4.69) is 25.5 Å². The minimum Gasteiger partial charge on any atom is -0.406 e. The smallest absolute Gasteiger partial charge is 0.406 e. The molecular formula is C20H20F3N7O3. The van der Waals surface area contributed by atoms with Crippen molar-refractivity contribution in [1.82, 2.24) is 29.4 Å². The maximum absolute atomic E-state index is 12.8. The summed E-state index contributed by atoms with van der Waals surface area (Å²) >= 11 is 0. The quantitative estimate of drug-likeness (QED) is 0.618. The summed E-state index contributed by atoms with van der Waals surface area (Å²) < 4.78 is 44.3. The number of carbonyl (C=O) groups is 2. The van der Waals surface area contributed by atoms with Gasteiger partial charge in [0.2, 0.25) is 0 Å². The van der Waals surface area contributed by atoms with E-state index in [4.69, 9.17) is 0 Å². The van der Waals surface area contributed by atoms with Crippen molar-refractivity contribution in [2.24, 2.45) is 12.5 Å². The van der Waals surface area contributed by atoms with E-state index >= 15 is 0 Å². The first-order chi connectivity index (χ1) is 15.6. The molecule has 0 aromatic carbocycles. The summed E-state index contributed by atoms with van der Waals surface area (Å²) in [5, 5.41) is 9.39. The van der Waals surface area contributed by atoms with Crippen LogP contribution in [0, 0.1) is 5.41 Å². The number of aryl methyl sites for hydroxylation is 1. The number of anilines is 1. The van der Waals surface area contributed by atoms with Gasteiger partial charge in [-0.05, 0) is 18.9 Å². The van der Waals surface area contributed by atoms with Crippen LogP contribution in [0.4, 0.5) is 23.8 Å². The van der Waals surface area contributed by atoms with Crippen LogP contribution in [0.2, 0.25) is 0 Å². The van der Waals surface area contributed by atoms with Gasteiger partial charge in [0.15, 0.2) is 0 Å².